The second kappa shape index (κ2) is 6.87. The predicted molar refractivity (Wildman–Crippen MR) is 70.6 cm³/mol. The monoisotopic (exact) mass is 420 g/mol. The zero-order valence-corrected chi connectivity index (χ0v) is 12.6. The van der Waals surface area contributed by atoms with E-state index in [1.807, 2.05) is 0 Å². The zero-order chi connectivity index (χ0) is 16.2. The molecule has 0 spiro atoms. The summed E-state index contributed by atoms with van der Waals surface area (Å²) >= 11 is 1.42. The van der Waals surface area contributed by atoms with Gasteiger partial charge in [-0.15, -0.1) is 13.2 Å². The molecule has 1 aromatic heterocycles. The summed E-state index contributed by atoms with van der Waals surface area (Å²) in [5.74, 6) is -1.57. The van der Waals surface area contributed by atoms with Crippen LogP contribution in [0.1, 0.15) is 12.6 Å². The summed E-state index contributed by atoms with van der Waals surface area (Å²) in [4.78, 5) is 24.9. The maximum absolute atomic E-state index is 12.2. The van der Waals surface area contributed by atoms with Crippen molar-refractivity contribution in [3.8, 4) is 5.75 Å². The molecule has 0 N–H and O–H groups in total. The minimum Gasteiger partial charge on any atom is -0.466 e. The molecule has 1 aromatic rings. The smallest absolute Gasteiger partial charge is 0.466 e. The molecular formula is C10H8F3IN2O5. The quantitative estimate of drug-likeness (QED) is 0.239. The maximum Gasteiger partial charge on any atom is 0.573 e. The van der Waals surface area contributed by atoms with Crippen LogP contribution in [0, 0.1) is 13.8 Å². The predicted octanol–water partition coefficient (Wildman–Crippen LogP) is 2.60. The van der Waals surface area contributed by atoms with Gasteiger partial charge in [0, 0.05) is 0 Å². The molecule has 0 aliphatic heterocycles. The number of hydrogen-bond acceptors (Lipinski definition) is 6. The van der Waals surface area contributed by atoms with Gasteiger partial charge in [0.15, 0.2) is 5.75 Å². The van der Waals surface area contributed by atoms with Crippen LogP contribution in [-0.4, -0.2) is 28.8 Å². The summed E-state index contributed by atoms with van der Waals surface area (Å²) in [6, 6.07) is 0.580. The number of halogens is 4. The Bertz CT molecular complexity index is 564. The van der Waals surface area contributed by atoms with Crippen molar-refractivity contribution in [3.63, 3.8) is 0 Å². The summed E-state index contributed by atoms with van der Waals surface area (Å²) in [6.45, 7) is 1.61. The lowest BCUT2D eigenvalue weighted by molar-refractivity contribution is -0.386. The molecule has 116 valence electrons. The number of nitrogens with zero attached hydrogens (tertiary/aromatic N) is 2. The van der Waals surface area contributed by atoms with Gasteiger partial charge in [-0.25, -0.2) is 4.98 Å². The van der Waals surface area contributed by atoms with Gasteiger partial charge in [0.25, 0.3) is 5.69 Å². The number of carbonyl (C=O) groups excluding carboxylic acids is 1. The Morgan fingerprint density at radius 3 is 2.62 bits per heavy atom. The third kappa shape index (κ3) is 5.32. The Balaban J connectivity index is 3.18. The van der Waals surface area contributed by atoms with E-state index in [4.69, 9.17) is 0 Å². The number of hydrogen-bond donors (Lipinski definition) is 0. The molecule has 1 rings (SSSR count). The number of pyridine rings is 1. The Morgan fingerprint density at radius 1 is 1.52 bits per heavy atom. The first-order chi connectivity index (χ1) is 9.64. The normalized spacial score (nSPS) is 11.1. The second-order valence-corrected chi connectivity index (χ2v) is 4.55. The lowest BCUT2D eigenvalue weighted by Crippen LogP contribution is -2.19. The molecule has 0 aromatic carbocycles. The topological polar surface area (TPSA) is 91.6 Å². The number of esters is 1. The Morgan fingerprint density at radius 2 is 2.14 bits per heavy atom. The first-order valence-electron chi connectivity index (χ1n) is 5.39. The average molecular weight is 420 g/mol. The van der Waals surface area contributed by atoms with Crippen molar-refractivity contribution in [3.05, 3.63) is 25.6 Å². The van der Waals surface area contributed by atoms with E-state index in [-0.39, 0.29) is 16.0 Å². The van der Waals surface area contributed by atoms with Crippen LogP contribution in [0.4, 0.5) is 18.9 Å². The van der Waals surface area contributed by atoms with E-state index >= 15 is 0 Å². The van der Waals surface area contributed by atoms with Crippen molar-refractivity contribution in [1.29, 1.82) is 0 Å². The van der Waals surface area contributed by atoms with Gasteiger partial charge in [-0.1, -0.05) is 0 Å². The third-order valence-electron chi connectivity index (χ3n) is 2.04. The minimum atomic E-state index is -5.00. The van der Waals surface area contributed by atoms with Crippen molar-refractivity contribution >= 4 is 34.2 Å². The summed E-state index contributed by atoms with van der Waals surface area (Å²) in [6.07, 6.45) is -5.52. The molecule has 0 atom stereocenters. The Kier molecular flexibility index (Phi) is 5.69. The van der Waals surface area contributed by atoms with Crippen molar-refractivity contribution in [2.45, 2.75) is 19.7 Å². The van der Waals surface area contributed by atoms with E-state index in [2.05, 4.69) is 14.5 Å². The van der Waals surface area contributed by atoms with Crippen LogP contribution in [0.3, 0.4) is 0 Å². The number of aromatic nitrogens is 1. The number of alkyl halides is 3. The van der Waals surface area contributed by atoms with Gasteiger partial charge >= 0.3 is 12.3 Å². The van der Waals surface area contributed by atoms with Gasteiger partial charge in [0.2, 0.25) is 0 Å². The Hall–Kier alpha value is -1.66. The number of rotatable bonds is 5. The molecular weight excluding hydrogens is 412 g/mol. The number of nitro groups is 1. The molecule has 0 unspecified atom stereocenters. The van der Waals surface area contributed by atoms with E-state index in [1.54, 1.807) is 6.92 Å². The fraction of sp³-hybridized carbons (Fsp3) is 0.400. The standard InChI is InChI=1S/C10H8F3IN2O5/c1-2-20-8(17)3-5-6(16(18)19)4-7(9(14)15-5)21-10(11,12)13/h4H,2-3H2,1H3. The molecule has 0 aliphatic carbocycles. The van der Waals surface area contributed by atoms with Crippen LogP contribution in [0.15, 0.2) is 6.07 Å². The maximum atomic E-state index is 12.2. The molecule has 11 heteroatoms. The molecule has 0 saturated carbocycles. The van der Waals surface area contributed by atoms with Crippen LogP contribution in [0.5, 0.6) is 5.75 Å². The van der Waals surface area contributed by atoms with E-state index < -0.39 is 35.1 Å². The lowest BCUT2D eigenvalue weighted by Gasteiger charge is -2.11. The molecule has 0 bridgehead atoms. The van der Waals surface area contributed by atoms with E-state index in [0.29, 0.717) is 6.07 Å². The van der Waals surface area contributed by atoms with Crippen molar-refractivity contribution in [2.75, 3.05) is 6.61 Å². The highest BCUT2D eigenvalue weighted by atomic mass is 127. The molecule has 21 heavy (non-hydrogen) atoms. The highest BCUT2D eigenvalue weighted by Crippen LogP contribution is 2.31. The van der Waals surface area contributed by atoms with Gasteiger partial charge < -0.3 is 9.47 Å². The molecule has 0 radical (unpaired) electrons. The van der Waals surface area contributed by atoms with Gasteiger partial charge in [-0.05, 0) is 29.5 Å². The number of ether oxygens (including phenoxy) is 2. The molecule has 0 aliphatic rings. The van der Waals surface area contributed by atoms with Crippen LogP contribution in [-0.2, 0) is 16.0 Å². The summed E-state index contributed by atoms with van der Waals surface area (Å²) in [5, 5.41) is 10.9. The van der Waals surface area contributed by atoms with Crippen LogP contribution >= 0.6 is 22.6 Å². The average Bonchev–Trinajstić information content (AvgIpc) is 2.30. The van der Waals surface area contributed by atoms with Crippen LogP contribution < -0.4 is 4.74 Å². The lowest BCUT2D eigenvalue weighted by atomic mass is 10.2. The molecule has 0 amide bonds. The molecule has 1 heterocycles. The fourth-order valence-corrected chi connectivity index (χ4v) is 1.89. The van der Waals surface area contributed by atoms with Gasteiger partial charge in [-0.3, -0.25) is 14.9 Å². The van der Waals surface area contributed by atoms with Crippen LogP contribution in [0.2, 0.25) is 0 Å². The van der Waals surface area contributed by atoms with Crippen molar-refractivity contribution < 1.29 is 32.4 Å². The summed E-state index contributed by atoms with van der Waals surface area (Å²) in [7, 11) is 0. The first-order valence-corrected chi connectivity index (χ1v) is 6.47. The van der Waals surface area contributed by atoms with E-state index in [9.17, 15) is 28.1 Å². The van der Waals surface area contributed by atoms with E-state index in [1.165, 1.54) is 22.6 Å². The second-order valence-electron chi connectivity index (χ2n) is 3.53. The highest BCUT2D eigenvalue weighted by molar-refractivity contribution is 14.1. The largest absolute Gasteiger partial charge is 0.573 e. The SMILES string of the molecule is CCOC(=O)Cc1nc(I)c(OC(F)(F)F)cc1[N+](=O)[O-]. The molecule has 0 saturated heterocycles. The van der Waals surface area contributed by atoms with E-state index in [0.717, 1.165) is 0 Å². The zero-order valence-electron chi connectivity index (χ0n) is 10.4. The highest BCUT2D eigenvalue weighted by Gasteiger charge is 2.34. The Labute approximate surface area is 129 Å². The van der Waals surface area contributed by atoms with Crippen LogP contribution in [0.25, 0.3) is 0 Å². The summed E-state index contributed by atoms with van der Waals surface area (Å²) in [5.41, 5.74) is -1.04. The third-order valence-corrected chi connectivity index (χ3v) is 2.81. The van der Waals surface area contributed by atoms with Crippen molar-refractivity contribution in [2.24, 2.45) is 0 Å². The molecule has 7 nitrogen and oxygen atoms in total. The van der Waals surface area contributed by atoms with Gasteiger partial charge in [0.05, 0.1) is 24.0 Å². The fourth-order valence-electron chi connectivity index (χ4n) is 1.33. The van der Waals surface area contributed by atoms with Gasteiger partial charge in [-0.2, -0.15) is 0 Å². The molecule has 0 fully saturated rings. The minimum absolute atomic E-state index is 0.0684. The first kappa shape index (κ1) is 17.4. The summed E-state index contributed by atoms with van der Waals surface area (Å²) < 4.78 is 44.5. The number of carbonyl (C=O) groups is 1. The van der Waals surface area contributed by atoms with Gasteiger partial charge in [0.1, 0.15) is 9.39 Å². The van der Waals surface area contributed by atoms with Crippen molar-refractivity contribution in [1.82, 2.24) is 4.98 Å².